The second kappa shape index (κ2) is 16.2. The quantitative estimate of drug-likeness (QED) is 0.144. The van der Waals surface area contributed by atoms with Crippen LogP contribution in [-0.2, 0) is 21.6 Å². The molecule has 4 rings (SSSR count). The Morgan fingerprint density at radius 2 is 1.31 bits per heavy atom. The maximum absolute atomic E-state index is 12.5. The summed E-state index contributed by atoms with van der Waals surface area (Å²) in [4.78, 5) is 25.9. The molecule has 1 atom stereocenters. The molecule has 0 saturated heterocycles. The molecule has 4 N–H and O–H groups in total. The van der Waals surface area contributed by atoms with E-state index in [2.05, 4.69) is 15.5 Å². The number of hydrogen-bond donors (Lipinski definition) is 4. The number of amides is 2. The Bertz CT molecular complexity index is 1460. The minimum Gasteiger partial charge on any atom is -0.491 e. The van der Waals surface area contributed by atoms with Crippen LogP contribution < -0.4 is 15.4 Å². The lowest BCUT2D eigenvalue weighted by Crippen LogP contribution is -2.39. The first kappa shape index (κ1) is 33.0. The van der Waals surface area contributed by atoms with Crippen molar-refractivity contribution in [1.29, 1.82) is 0 Å². The first-order chi connectivity index (χ1) is 21.8. The zero-order chi connectivity index (χ0) is 32.1. The molecule has 0 aliphatic carbocycles. The monoisotopic (exact) mass is 613 g/mol. The lowest BCUT2D eigenvalue weighted by atomic mass is 9.83. The third kappa shape index (κ3) is 9.80. The molecule has 0 saturated carbocycles. The summed E-state index contributed by atoms with van der Waals surface area (Å²) >= 11 is 0. The molecule has 4 aromatic rings. The minimum atomic E-state index is -1.57. The van der Waals surface area contributed by atoms with Crippen molar-refractivity contribution in [2.24, 2.45) is 0 Å². The summed E-state index contributed by atoms with van der Waals surface area (Å²) in [6.45, 7) is 1.28. The number of anilines is 2. The van der Waals surface area contributed by atoms with Crippen LogP contribution in [0.4, 0.5) is 21.0 Å². The fourth-order valence-corrected chi connectivity index (χ4v) is 4.96. The molecular formula is C35H39N3O7. The second-order valence-corrected chi connectivity index (χ2v) is 10.5. The molecule has 0 fully saturated rings. The van der Waals surface area contributed by atoms with Crippen molar-refractivity contribution in [3.8, 4) is 5.75 Å². The van der Waals surface area contributed by atoms with Gasteiger partial charge < -0.3 is 24.4 Å². The topological polar surface area (TPSA) is 130 Å². The van der Waals surface area contributed by atoms with Crippen molar-refractivity contribution < 1.29 is 34.0 Å². The fraction of sp³-hybridized carbons (Fsp3) is 0.257. The highest BCUT2D eigenvalue weighted by Gasteiger charge is 2.33. The van der Waals surface area contributed by atoms with Crippen LogP contribution in [0.2, 0.25) is 0 Å². The summed E-state index contributed by atoms with van der Waals surface area (Å²) in [5.74, 6) is 0.668. The number of aliphatic hydroxyl groups is 2. The summed E-state index contributed by atoms with van der Waals surface area (Å²) in [7, 11) is 2.55. The predicted octanol–water partition coefficient (Wildman–Crippen LogP) is 5.61. The van der Waals surface area contributed by atoms with Crippen LogP contribution in [-0.4, -0.2) is 67.3 Å². The Hall–Kier alpha value is -4.90. The molecule has 0 spiro atoms. The lowest BCUT2D eigenvalue weighted by molar-refractivity contribution is 0.0344. The van der Waals surface area contributed by atoms with Crippen molar-refractivity contribution >= 4 is 23.6 Å². The second-order valence-electron chi connectivity index (χ2n) is 10.5. The van der Waals surface area contributed by atoms with E-state index in [0.29, 0.717) is 41.3 Å². The van der Waals surface area contributed by atoms with E-state index in [0.717, 1.165) is 5.56 Å². The van der Waals surface area contributed by atoms with Gasteiger partial charge in [0.15, 0.2) is 0 Å². The lowest BCUT2D eigenvalue weighted by Gasteiger charge is -2.34. The van der Waals surface area contributed by atoms with Gasteiger partial charge in [-0.2, -0.15) is 0 Å². The fourth-order valence-electron chi connectivity index (χ4n) is 4.96. The van der Waals surface area contributed by atoms with Gasteiger partial charge in [-0.1, -0.05) is 72.8 Å². The SMILES string of the molecule is COC(=O)Nc1cccc(C(O)(CCN(Cc2ccccc2)C[C@H](O)COc2ccccc2)c2cccc(NC(=O)OC)c2)c1. The summed E-state index contributed by atoms with van der Waals surface area (Å²) in [5.41, 5.74) is 1.39. The number of benzene rings is 4. The summed E-state index contributed by atoms with van der Waals surface area (Å²) in [6.07, 6.45) is -1.88. The van der Waals surface area contributed by atoms with Gasteiger partial charge in [-0.15, -0.1) is 0 Å². The number of hydrogen-bond acceptors (Lipinski definition) is 8. The van der Waals surface area contributed by atoms with Crippen LogP contribution in [0.15, 0.2) is 109 Å². The molecule has 4 aromatic carbocycles. The molecule has 0 radical (unpaired) electrons. The normalized spacial score (nSPS) is 11.8. The van der Waals surface area contributed by atoms with Gasteiger partial charge in [0, 0.05) is 31.0 Å². The van der Waals surface area contributed by atoms with Crippen molar-refractivity contribution in [3.63, 3.8) is 0 Å². The molecule has 0 heterocycles. The van der Waals surface area contributed by atoms with Crippen molar-refractivity contribution in [2.45, 2.75) is 24.7 Å². The molecule has 0 aliphatic rings. The molecule has 10 heteroatoms. The van der Waals surface area contributed by atoms with Crippen molar-refractivity contribution in [3.05, 3.63) is 126 Å². The Labute approximate surface area is 263 Å². The molecule has 0 bridgehead atoms. The number of methoxy groups -OCH3 is 2. The van der Waals surface area contributed by atoms with Crippen LogP contribution in [0.5, 0.6) is 5.75 Å². The van der Waals surface area contributed by atoms with Gasteiger partial charge in [0.2, 0.25) is 0 Å². The largest absolute Gasteiger partial charge is 0.491 e. The zero-order valence-corrected chi connectivity index (χ0v) is 25.4. The highest BCUT2D eigenvalue weighted by atomic mass is 16.5. The maximum Gasteiger partial charge on any atom is 0.411 e. The Morgan fingerprint density at radius 1 is 0.778 bits per heavy atom. The minimum absolute atomic E-state index is 0.0993. The standard InChI is InChI=1S/C35H39N3O7/c1-43-33(40)36-29-15-9-13-27(21-29)35(42,28-14-10-16-30(22-28)37-34(41)44-2)19-20-38(23-26-11-5-3-6-12-26)24-31(39)25-45-32-17-7-4-8-18-32/h3-18,21-22,31,39,42H,19-20,23-25H2,1-2H3,(H,36,40)(H,37,41)/t31-/m0/s1. The van der Waals surface area contributed by atoms with Gasteiger partial charge in [0.1, 0.15) is 24.1 Å². The Kier molecular flexibility index (Phi) is 11.9. The van der Waals surface area contributed by atoms with E-state index in [1.165, 1.54) is 14.2 Å². The van der Waals surface area contributed by atoms with E-state index in [9.17, 15) is 19.8 Å². The first-order valence-electron chi connectivity index (χ1n) is 14.5. The average molecular weight is 614 g/mol. The van der Waals surface area contributed by atoms with E-state index in [-0.39, 0.29) is 19.6 Å². The summed E-state index contributed by atoms with van der Waals surface area (Å²) < 4.78 is 15.3. The number of para-hydroxylation sites is 1. The summed E-state index contributed by atoms with van der Waals surface area (Å²) in [6, 6.07) is 32.9. The molecule has 0 unspecified atom stereocenters. The zero-order valence-electron chi connectivity index (χ0n) is 25.4. The van der Waals surface area contributed by atoms with Gasteiger partial charge in [0.25, 0.3) is 0 Å². The number of aliphatic hydroxyl groups excluding tert-OH is 1. The molecule has 0 aliphatic heterocycles. The molecule has 2 amide bonds. The number of nitrogens with one attached hydrogen (secondary N) is 2. The molecular weight excluding hydrogens is 574 g/mol. The highest BCUT2D eigenvalue weighted by Crippen LogP contribution is 2.36. The Balaban J connectivity index is 1.62. The Morgan fingerprint density at radius 3 is 1.84 bits per heavy atom. The number of carbonyl (C=O) groups excluding carboxylic acids is 2. The third-order valence-electron chi connectivity index (χ3n) is 7.24. The smallest absolute Gasteiger partial charge is 0.411 e. The summed E-state index contributed by atoms with van der Waals surface area (Å²) in [5, 5.41) is 28.8. The van der Waals surface area contributed by atoms with Gasteiger partial charge in [-0.25, -0.2) is 9.59 Å². The molecule has 10 nitrogen and oxygen atoms in total. The van der Waals surface area contributed by atoms with Gasteiger partial charge in [0.05, 0.1) is 14.2 Å². The molecule has 0 aromatic heterocycles. The maximum atomic E-state index is 12.5. The van der Waals surface area contributed by atoms with Gasteiger partial charge in [-0.3, -0.25) is 15.5 Å². The third-order valence-corrected chi connectivity index (χ3v) is 7.24. The van der Waals surface area contributed by atoms with E-state index in [4.69, 9.17) is 14.2 Å². The van der Waals surface area contributed by atoms with Crippen LogP contribution >= 0.6 is 0 Å². The van der Waals surface area contributed by atoms with Gasteiger partial charge >= 0.3 is 12.2 Å². The average Bonchev–Trinajstić information content (AvgIpc) is 3.07. The van der Waals surface area contributed by atoms with Crippen molar-refractivity contribution in [2.75, 3.05) is 44.5 Å². The highest BCUT2D eigenvalue weighted by molar-refractivity contribution is 5.85. The van der Waals surface area contributed by atoms with Crippen LogP contribution in [0, 0.1) is 0 Å². The van der Waals surface area contributed by atoms with Gasteiger partial charge in [-0.05, 0) is 59.5 Å². The molecule has 236 valence electrons. The van der Waals surface area contributed by atoms with E-state index in [1.54, 1.807) is 48.5 Å². The van der Waals surface area contributed by atoms with E-state index in [1.807, 2.05) is 60.7 Å². The first-order valence-corrected chi connectivity index (χ1v) is 14.5. The van der Waals surface area contributed by atoms with Crippen molar-refractivity contribution in [1.82, 2.24) is 4.90 Å². The van der Waals surface area contributed by atoms with Crippen LogP contribution in [0.3, 0.4) is 0 Å². The van der Waals surface area contributed by atoms with E-state index < -0.39 is 23.9 Å². The van der Waals surface area contributed by atoms with Crippen LogP contribution in [0.25, 0.3) is 0 Å². The van der Waals surface area contributed by atoms with Crippen LogP contribution in [0.1, 0.15) is 23.1 Å². The van der Waals surface area contributed by atoms with E-state index >= 15 is 0 Å². The number of nitrogens with zero attached hydrogens (tertiary/aromatic N) is 1. The molecule has 45 heavy (non-hydrogen) atoms. The number of ether oxygens (including phenoxy) is 3. The number of rotatable bonds is 14. The number of carbonyl (C=O) groups is 2. The predicted molar refractivity (Wildman–Crippen MR) is 172 cm³/mol.